The third-order valence-corrected chi connectivity index (χ3v) is 8.08. The fraction of sp³-hybridized carbons (Fsp3) is 0.452. The molecule has 3 heterocycles. The fourth-order valence-electron chi connectivity index (χ4n) is 5.47. The number of nitrogens with one attached hydrogen (secondary N) is 1. The van der Waals surface area contributed by atoms with Crippen LogP contribution >= 0.6 is 0 Å². The largest absolute Gasteiger partial charge is 0.618 e. The van der Waals surface area contributed by atoms with Crippen molar-refractivity contribution in [2.45, 2.75) is 65.6 Å². The number of amides is 1. The summed E-state index contributed by atoms with van der Waals surface area (Å²) in [6.07, 6.45) is 8.26. The predicted octanol–water partition coefficient (Wildman–Crippen LogP) is 4.33. The van der Waals surface area contributed by atoms with E-state index >= 15 is 0 Å². The van der Waals surface area contributed by atoms with Gasteiger partial charge in [0.1, 0.15) is 11.3 Å². The maximum Gasteiger partial charge on any atom is 0.257 e. The van der Waals surface area contributed by atoms with E-state index in [-0.39, 0.29) is 5.91 Å². The van der Waals surface area contributed by atoms with Gasteiger partial charge in [0.25, 0.3) is 5.91 Å². The summed E-state index contributed by atoms with van der Waals surface area (Å²) in [5.41, 5.74) is 5.41. The van der Waals surface area contributed by atoms with Crippen LogP contribution in [-0.2, 0) is 6.54 Å². The lowest BCUT2D eigenvalue weighted by Crippen LogP contribution is -2.48. The maximum atomic E-state index is 12.8. The van der Waals surface area contributed by atoms with Crippen molar-refractivity contribution in [3.63, 3.8) is 0 Å². The van der Waals surface area contributed by atoms with E-state index in [1.807, 2.05) is 31.5 Å². The molecule has 1 N–H and O–H groups in total. The zero-order valence-electron chi connectivity index (χ0n) is 23.8. The number of aromatic nitrogens is 2. The number of hydrogen-bond donors (Lipinski definition) is 1. The summed E-state index contributed by atoms with van der Waals surface area (Å²) in [4.78, 5) is 22.2. The van der Waals surface area contributed by atoms with Gasteiger partial charge < -0.3 is 25.1 Å². The minimum Gasteiger partial charge on any atom is -0.618 e. The zero-order chi connectivity index (χ0) is 27.9. The molecule has 1 amide bonds. The molecule has 2 aromatic heterocycles. The average molecular weight is 532 g/mol. The SMILES string of the molecule is COc1ccc(N(Cc2cnccc2C)C2CCN([C@H](C)CCNC(=O)c3c(C)cc[n+]([O-])c3C)CC2)cc1. The number of carbonyl (C=O) groups is 1. The Balaban J connectivity index is 1.35. The molecule has 39 heavy (non-hydrogen) atoms. The van der Waals surface area contributed by atoms with Gasteiger partial charge in [-0.2, -0.15) is 4.73 Å². The van der Waals surface area contributed by atoms with Crippen molar-refractivity contribution in [3.05, 3.63) is 88.1 Å². The van der Waals surface area contributed by atoms with Crippen molar-refractivity contribution in [1.29, 1.82) is 0 Å². The van der Waals surface area contributed by atoms with Gasteiger partial charge in [0.2, 0.25) is 5.69 Å². The molecule has 1 atom stereocenters. The number of carbonyl (C=O) groups excluding carboxylic acids is 1. The number of ether oxygens (including phenoxy) is 1. The van der Waals surface area contributed by atoms with Crippen molar-refractivity contribution in [3.8, 4) is 5.75 Å². The van der Waals surface area contributed by atoms with Crippen molar-refractivity contribution < 1.29 is 14.3 Å². The first-order valence-electron chi connectivity index (χ1n) is 13.8. The van der Waals surface area contributed by atoms with Crippen molar-refractivity contribution in [2.75, 3.05) is 31.6 Å². The van der Waals surface area contributed by atoms with Crippen LogP contribution in [-0.4, -0.2) is 54.6 Å². The Hall–Kier alpha value is -3.65. The highest BCUT2D eigenvalue weighted by molar-refractivity contribution is 5.96. The third-order valence-electron chi connectivity index (χ3n) is 8.08. The molecule has 1 saturated heterocycles. The van der Waals surface area contributed by atoms with E-state index in [1.165, 1.54) is 23.0 Å². The molecule has 1 aromatic carbocycles. The molecule has 0 saturated carbocycles. The summed E-state index contributed by atoms with van der Waals surface area (Å²) in [5, 5.41) is 14.9. The second kappa shape index (κ2) is 12.9. The predicted molar refractivity (Wildman–Crippen MR) is 154 cm³/mol. The minimum absolute atomic E-state index is 0.179. The van der Waals surface area contributed by atoms with Gasteiger partial charge in [-0.15, -0.1) is 0 Å². The summed E-state index contributed by atoms with van der Waals surface area (Å²) in [7, 11) is 1.69. The monoisotopic (exact) mass is 531 g/mol. The Labute approximate surface area is 232 Å². The molecule has 0 aliphatic carbocycles. The molecule has 1 aliphatic heterocycles. The molecule has 1 fully saturated rings. The minimum atomic E-state index is -0.179. The average Bonchev–Trinajstić information content (AvgIpc) is 2.95. The van der Waals surface area contributed by atoms with Crippen LogP contribution in [0.1, 0.15) is 58.9 Å². The van der Waals surface area contributed by atoms with Crippen LogP contribution < -0.4 is 19.7 Å². The molecule has 8 nitrogen and oxygen atoms in total. The fourth-order valence-corrected chi connectivity index (χ4v) is 5.47. The van der Waals surface area contributed by atoms with E-state index in [9.17, 15) is 10.0 Å². The lowest BCUT2D eigenvalue weighted by Gasteiger charge is -2.42. The molecule has 0 unspecified atom stereocenters. The first-order chi connectivity index (χ1) is 18.8. The summed E-state index contributed by atoms with van der Waals surface area (Å²) >= 11 is 0. The van der Waals surface area contributed by atoms with Crippen molar-refractivity contribution in [1.82, 2.24) is 15.2 Å². The number of methoxy groups -OCH3 is 1. The summed E-state index contributed by atoms with van der Waals surface area (Å²) in [6, 6.07) is 12.9. The quantitative estimate of drug-likeness (QED) is 0.310. The van der Waals surface area contributed by atoms with Crippen LogP contribution in [0.15, 0.2) is 55.0 Å². The molecule has 0 radical (unpaired) electrons. The Morgan fingerprint density at radius 3 is 2.54 bits per heavy atom. The van der Waals surface area contributed by atoms with Gasteiger partial charge in [0.15, 0.2) is 6.20 Å². The van der Waals surface area contributed by atoms with E-state index in [0.29, 0.717) is 29.9 Å². The van der Waals surface area contributed by atoms with E-state index in [0.717, 1.165) is 54.9 Å². The Morgan fingerprint density at radius 2 is 1.87 bits per heavy atom. The van der Waals surface area contributed by atoms with E-state index < -0.39 is 0 Å². The van der Waals surface area contributed by atoms with Gasteiger partial charge in [-0.25, -0.2) is 0 Å². The number of hydrogen-bond acceptors (Lipinski definition) is 6. The Kier molecular flexibility index (Phi) is 9.41. The number of benzene rings is 1. The van der Waals surface area contributed by atoms with Crippen molar-refractivity contribution in [2.24, 2.45) is 0 Å². The molecule has 1 aliphatic rings. The van der Waals surface area contributed by atoms with Gasteiger partial charge in [-0.05, 0) is 87.1 Å². The Bertz CT molecular complexity index is 1260. The molecule has 3 aromatic rings. The van der Waals surface area contributed by atoms with E-state index in [2.05, 4.69) is 52.1 Å². The smallest absolute Gasteiger partial charge is 0.257 e. The number of aryl methyl sites for hydroxylation is 2. The number of nitrogens with zero attached hydrogens (tertiary/aromatic N) is 4. The van der Waals surface area contributed by atoms with Gasteiger partial charge in [0, 0.05) is 69.3 Å². The van der Waals surface area contributed by atoms with Crippen LogP contribution in [0.25, 0.3) is 0 Å². The highest BCUT2D eigenvalue weighted by Gasteiger charge is 2.28. The maximum absolute atomic E-state index is 12.8. The number of likely N-dealkylation sites (tertiary alicyclic amines) is 1. The second-order valence-corrected chi connectivity index (χ2v) is 10.6. The number of rotatable bonds is 10. The zero-order valence-corrected chi connectivity index (χ0v) is 23.8. The lowest BCUT2D eigenvalue weighted by molar-refractivity contribution is -0.612. The molecule has 208 valence electrons. The Morgan fingerprint density at radius 1 is 1.15 bits per heavy atom. The highest BCUT2D eigenvalue weighted by atomic mass is 16.5. The standard InChI is InChI=1S/C31H41N5O3/c1-22-10-15-32-20-26(22)21-35(27-6-8-29(39-5)9-7-27)28-13-17-34(18-14-28)24(3)11-16-33-31(37)30-23(2)12-19-36(38)25(30)4/h6-10,12,15,19-20,24,28H,11,13-14,16-18,21H2,1-5H3,(H,33,37)/t24-/m1/s1. The summed E-state index contributed by atoms with van der Waals surface area (Å²) < 4.78 is 6.13. The normalized spacial score (nSPS) is 15.1. The molecule has 8 heteroatoms. The van der Waals surface area contributed by atoms with Gasteiger partial charge in [-0.1, -0.05) is 0 Å². The second-order valence-electron chi connectivity index (χ2n) is 10.6. The van der Waals surface area contributed by atoms with Crippen LogP contribution in [0.4, 0.5) is 5.69 Å². The number of anilines is 1. The summed E-state index contributed by atoms with van der Waals surface area (Å²) in [5.74, 6) is 0.679. The van der Waals surface area contributed by atoms with Crippen LogP contribution in [0.3, 0.4) is 0 Å². The van der Waals surface area contributed by atoms with Crippen LogP contribution in [0.2, 0.25) is 0 Å². The first kappa shape index (κ1) is 28.4. The highest BCUT2D eigenvalue weighted by Crippen LogP contribution is 2.29. The lowest BCUT2D eigenvalue weighted by atomic mass is 9.99. The molecule has 4 rings (SSSR count). The van der Waals surface area contributed by atoms with Crippen molar-refractivity contribution >= 4 is 11.6 Å². The third kappa shape index (κ3) is 6.87. The molecule has 0 spiro atoms. The first-order valence-corrected chi connectivity index (χ1v) is 13.8. The topological polar surface area (TPSA) is 84.6 Å². The van der Waals surface area contributed by atoms with Gasteiger partial charge in [-0.3, -0.25) is 9.78 Å². The molecular formula is C31H41N5O3. The molecule has 0 bridgehead atoms. The summed E-state index contributed by atoms with van der Waals surface area (Å²) in [6.45, 7) is 11.3. The van der Waals surface area contributed by atoms with Crippen LogP contribution in [0, 0.1) is 26.0 Å². The number of pyridine rings is 2. The van der Waals surface area contributed by atoms with E-state index in [4.69, 9.17) is 4.74 Å². The van der Waals surface area contributed by atoms with Gasteiger partial charge in [0.05, 0.1) is 7.11 Å². The molecular weight excluding hydrogens is 490 g/mol. The van der Waals surface area contributed by atoms with E-state index in [1.54, 1.807) is 20.1 Å². The van der Waals surface area contributed by atoms with Crippen LogP contribution in [0.5, 0.6) is 5.75 Å². The van der Waals surface area contributed by atoms with Gasteiger partial charge >= 0.3 is 0 Å². The number of piperidine rings is 1.